The van der Waals surface area contributed by atoms with E-state index in [1.807, 2.05) is 37.3 Å². The van der Waals surface area contributed by atoms with Crippen LogP contribution in [0.25, 0.3) is 6.08 Å². The van der Waals surface area contributed by atoms with Crippen LogP contribution in [0, 0.1) is 0 Å². The number of phenolic OH excluding ortho intramolecular Hbond substituents is 1. The van der Waals surface area contributed by atoms with Gasteiger partial charge in [0.25, 0.3) is 5.91 Å². The Hall–Kier alpha value is -3.12. The first-order chi connectivity index (χ1) is 14.5. The summed E-state index contributed by atoms with van der Waals surface area (Å²) in [4.78, 5) is 31.1. The van der Waals surface area contributed by atoms with Crippen molar-refractivity contribution in [3.8, 4) is 11.5 Å². The molecule has 0 atom stereocenters. The maximum Gasteiger partial charge on any atom is 0.276 e. The van der Waals surface area contributed by atoms with E-state index in [0.29, 0.717) is 24.4 Å². The van der Waals surface area contributed by atoms with Crippen LogP contribution in [-0.4, -0.2) is 34.8 Å². The standard InChI is InChI=1S/C24H26N2O4/c1-2-21(27)19-5-3-4-18(14-19)16-10-12-26(13-11-16)15-20-7-6-17-8-9-22(28)25-30-24(17)23(20)29/h3-9,14,16,29H,2,10-13,15H2,1H3,(H,25,28). The summed E-state index contributed by atoms with van der Waals surface area (Å²) in [5, 5.41) is 10.6. The van der Waals surface area contributed by atoms with Crippen LogP contribution in [0.2, 0.25) is 0 Å². The summed E-state index contributed by atoms with van der Waals surface area (Å²) in [5.41, 5.74) is 5.76. The Kier molecular flexibility index (Phi) is 5.86. The number of ketones is 1. The van der Waals surface area contributed by atoms with Gasteiger partial charge in [0.15, 0.2) is 11.5 Å². The fraction of sp³-hybridized carbons (Fsp3) is 0.333. The van der Waals surface area contributed by atoms with Crippen molar-refractivity contribution < 1.29 is 19.5 Å². The lowest BCUT2D eigenvalue weighted by Crippen LogP contribution is -2.32. The average molecular weight is 406 g/mol. The lowest BCUT2D eigenvalue weighted by atomic mass is 9.88. The summed E-state index contributed by atoms with van der Waals surface area (Å²) < 4.78 is 0. The number of Topliss-reactive ketones (excluding diaryl/α,β-unsaturated/α-hetero) is 1. The number of rotatable bonds is 5. The van der Waals surface area contributed by atoms with E-state index in [2.05, 4.69) is 16.4 Å². The van der Waals surface area contributed by atoms with Gasteiger partial charge in [0.1, 0.15) is 0 Å². The van der Waals surface area contributed by atoms with Crippen LogP contribution in [0.3, 0.4) is 0 Å². The Bertz CT molecular complexity index is 991. The molecule has 0 radical (unpaired) electrons. The van der Waals surface area contributed by atoms with Crippen LogP contribution in [0.5, 0.6) is 11.5 Å². The monoisotopic (exact) mass is 406 g/mol. The van der Waals surface area contributed by atoms with Gasteiger partial charge in [0, 0.05) is 35.7 Å². The normalized spacial score (nSPS) is 17.0. The summed E-state index contributed by atoms with van der Waals surface area (Å²) in [7, 11) is 0. The zero-order valence-electron chi connectivity index (χ0n) is 17.1. The molecule has 6 nitrogen and oxygen atoms in total. The van der Waals surface area contributed by atoms with Crippen LogP contribution in [0.1, 0.15) is 59.2 Å². The molecule has 4 rings (SSSR count). The molecule has 2 aromatic carbocycles. The third-order valence-electron chi connectivity index (χ3n) is 5.90. The molecule has 2 N–H and O–H groups in total. The van der Waals surface area contributed by atoms with E-state index < -0.39 is 0 Å². The van der Waals surface area contributed by atoms with E-state index in [1.165, 1.54) is 11.6 Å². The predicted molar refractivity (Wildman–Crippen MR) is 114 cm³/mol. The van der Waals surface area contributed by atoms with Gasteiger partial charge >= 0.3 is 0 Å². The molecule has 0 spiro atoms. The average Bonchev–Trinajstić information content (AvgIpc) is 2.97. The van der Waals surface area contributed by atoms with E-state index in [0.717, 1.165) is 37.1 Å². The van der Waals surface area contributed by atoms with Gasteiger partial charge in [0.2, 0.25) is 5.75 Å². The first kappa shape index (κ1) is 20.2. The van der Waals surface area contributed by atoms with Crippen LogP contribution < -0.4 is 10.3 Å². The molecule has 0 unspecified atom stereocenters. The molecule has 156 valence electrons. The predicted octanol–water partition coefficient (Wildman–Crippen LogP) is 3.80. The summed E-state index contributed by atoms with van der Waals surface area (Å²) in [5.74, 6) is 0.601. The number of benzene rings is 2. The van der Waals surface area contributed by atoms with Crippen LogP contribution in [-0.2, 0) is 11.3 Å². The molecule has 2 heterocycles. The number of hydrogen-bond acceptors (Lipinski definition) is 5. The maximum atomic E-state index is 12.0. The molecule has 1 amide bonds. The van der Waals surface area contributed by atoms with Crippen LogP contribution in [0.4, 0.5) is 0 Å². The fourth-order valence-electron chi connectivity index (χ4n) is 4.13. The van der Waals surface area contributed by atoms with Crippen molar-refractivity contribution in [3.63, 3.8) is 0 Å². The topological polar surface area (TPSA) is 78.9 Å². The van der Waals surface area contributed by atoms with Crippen molar-refractivity contribution in [2.45, 2.75) is 38.6 Å². The van der Waals surface area contributed by atoms with Crippen LogP contribution >= 0.6 is 0 Å². The highest BCUT2D eigenvalue weighted by molar-refractivity contribution is 5.96. The third kappa shape index (κ3) is 4.24. The molecule has 2 aliphatic heterocycles. The second kappa shape index (κ2) is 8.71. The third-order valence-corrected chi connectivity index (χ3v) is 5.90. The van der Waals surface area contributed by atoms with E-state index in [9.17, 15) is 14.7 Å². The van der Waals surface area contributed by atoms with Crippen LogP contribution in [0.15, 0.2) is 42.5 Å². The van der Waals surface area contributed by atoms with Crippen molar-refractivity contribution >= 4 is 17.8 Å². The van der Waals surface area contributed by atoms with Crippen molar-refractivity contribution in [2.75, 3.05) is 13.1 Å². The van der Waals surface area contributed by atoms with Gasteiger partial charge < -0.3 is 9.94 Å². The second-order valence-corrected chi connectivity index (χ2v) is 7.85. The van der Waals surface area contributed by atoms with Gasteiger partial charge in [-0.1, -0.05) is 37.3 Å². The molecule has 0 saturated carbocycles. The minimum absolute atomic E-state index is 0.0623. The number of nitrogens with zero attached hydrogens (tertiary/aromatic N) is 1. The van der Waals surface area contributed by atoms with Gasteiger partial charge in [-0.15, -0.1) is 0 Å². The number of phenols is 1. The Labute approximate surface area is 176 Å². The molecular formula is C24H26N2O4. The molecule has 0 aliphatic carbocycles. The van der Waals surface area contributed by atoms with E-state index in [1.54, 1.807) is 6.08 Å². The van der Waals surface area contributed by atoms with Crippen molar-refractivity contribution in [1.29, 1.82) is 0 Å². The molecule has 1 saturated heterocycles. The molecule has 2 aliphatic rings. The van der Waals surface area contributed by atoms with E-state index >= 15 is 0 Å². The molecule has 1 fully saturated rings. The highest BCUT2D eigenvalue weighted by Crippen LogP contribution is 2.37. The Morgan fingerprint density at radius 3 is 2.77 bits per heavy atom. The number of hydrogen-bond donors (Lipinski definition) is 2. The molecular weight excluding hydrogens is 380 g/mol. The summed E-state index contributed by atoms with van der Waals surface area (Å²) in [6.07, 6.45) is 5.54. The van der Waals surface area contributed by atoms with Gasteiger partial charge in [-0.25, -0.2) is 0 Å². The number of fused-ring (bicyclic) bond motifs is 1. The van der Waals surface area contributed by atoms with E-state index in [4.69, 9.17) is 4.84 Å². The Morgan fingerprint density at radius 1 is 1.20 bits per heavy atom. The minimum Gasteiger partial charge on any atom is -0.504 e. The SMILES string of the molecule is CCC(=O)c1cccc(C2CCN(Cc3ccc4c(c3O)ONC(=O)C=C4)CC2)c1. The minimum atomic E-state index is -0.362. The number of amides is 1. The highest BCUT2D eigenvalue weighted by Gasteiger charge is 2.23. The summed E-state index contributed by atoms with van der Waals surface area (Å²) in [6.45, 7) is 4.32. The van der Waals surface area contributed by atoms with Gasteiger partial charge in [-0.3, -0.25) is 14.5 Å². The van der Waals surface area contributed by atoms with Crippen molar-refractivity contribution in [3.05, 3.63) is 64.7 Å². The number of aromatic hydroxyl groups is 1. The van der Waals surface area contributed by atoms with Gasteiger partial charge in [-0.05, 0) is 49.6 Å². The molecule has 0 bridgehead atoms. The molecule has 30 heavy (non-hydrogen) atoms. The fourth-order valence-corrected chi connectivity index (χ4v) is 4.13. The van der Waals surface area contributed by atoms with Crippen molar-refractivity contribution in [2.24, 2.45) is 0 Å². The first-order valence-corrected chi connectivity index (χ1v) is 10.4. The lowest BCUT2D eigenvalue weighted by Gasteiger charge is -2.32. The zero-order valence-corrected chi connectivity index (χ0v) is 17.1. The van der Waals surface area contributed by atoms with E-state index in [-0.39, 0.29) is 23.2 Å². The smallest absolute Gasteiger partial charge is 0.276 e. The maximum absolute atomic E-state index is 12.0. The number of carbonyl (C=O) groups excluding carboxylic acids is 2. The number of carbonyl (C=O) groups is 2. The van der Waals surface area contributed by atoms with Gasteiger partial charge in [-0.2, -0.15) is 5.48 Å². The number of likely N-dealkylation sites (tertiary alicyclic amines) is 1. The summed E-state index contributed by atoms with van der Waals surface area (Å²) in [6, 6.07) is 11.8. The molecule has 0 aromatic heterocycles. The first-order valence-electron chi connectivity index (χ1n) is 10.4. The number of hydroxylamine groups is 1. The van der Waals surface area contributed by atoms with Gasteiger partial charge in [0.05, 0.1) is 0 Å². The quantitative estimate of drug-likeness (QED) is 0.739. The molecule has 6 heteroatoms. The highest BCUT2D eigenvalue weighted by atomic mass is 16.7. The Morgan fingerprint density at radius 2 is 2.00 bits per heavy atom. The zero-order chi connectivity index (χ0) is 21.1. The van der Waals surface area contributed by atoms with Crippen molar-refractivity contribution in [1.82, 2.24) is 10.4 Å². The summed E-state index contributed by atoms with van der Waals surface area (Å²) >= 11 is 0. The molecule has 2 aromatic rings. The lowest BCUT2D eigenvalue weighted by molar-refractivity contribution is -0.122. The Balaban J connectivity index is 1.41. The number of piperidine rings is 1. The second-order valence-electron chi connectivity index (χ2n) is 7.85. The largest absolute Gasteiger partial charge is 0.504 e. The number of nitrogens with one attached hydrogen (secondary N) is 1.